The molecule has 1 aromatic heterocycles. The zero-order valence-corrected chi connectivity index (χ0v) is 7.59. The van der Waals surface area contributed by atoms with Crippen molar-refractivity contribution in [3.8, 4) is 0 Å². The molecule has 0 saturated carbocycles. The van der Waals surface area contributed by atoms with Gasteiger partial charge >= 0.3 is 0 Å². The van der Waals surface area contributed by atoms with Gasteiger partial charge in [-0.15, -0.1) is 0 Å². The van der Waals surface area contributed by atoms with Crippen molar-refractivity contribution in [3.63, 3.8) is 0 Å². The van der Waals surface area contributed by atoms with Gasteiger partial charge in [-0.1, -0.05) is 19.4 Å². The number of aryl methyl sites for hydroxylation is 1. The van der Waals surface area contributed by atoms with Crippen molar-refractivity contribution in [1.82, 2.24) is 4.98 Å². The lowest BCUT2D eigenvalue weighted by Gasteiger charge is -2.01. The third-order valence-corrected chi connectivity index (χ3v) is 1.91. The Bertz CT molecular complexity index is 233. The Hall–Kier alpha value is -0.890. The van der Waals surface area contributed by atoms with Crippen LogP contribution in [-0.2, 0) is 13.0 Å². The molecule has 12 heavy (non-hydrogen) atoms. The topological polar surface area (TPSA) is 38.9 Å². The minimum atomic E-state index is 0.590. The molecule has 0 radical (unpaired) electrons. The lowest BCUT2D eigenvalue weighted by atomic mass is 10.1. The zero-order chi connectivity index (χ0) is 8.81. The molecule has 0 fully saturated rings. The normalized spacial score (nSPS) is 10.2. The molecular formula is C10H16N2. The Morgan fingerprint density at radius 2 is 2.08 bits per heavy atom. The monoisotopic (exact) mass is 164 g/mol. The van der Waals surface area contributed by atoms with E-state index in [1.54, 1.807) is 0 Å². The average Bonchev–Trinajstić information content (AvgIpc) is 2.15. The minimum Gasteiger partial charge on any atom is -0.326 e. The number of hydrogen-bond acceptors (Lipinski definition) is 2. The van der Waals surface area contributed by atoms with Crippen molar-refractivity contribution >= 4 is 0 Å². The van der Waals surface area contributed by atoms with E-state index in [2.05, 4.69) is 18.0 Å². The van der Waals surface area contributed by atoms with Crippen molar-refractivity contribution in [2.75, 3.05) is 0 Å². The Labute approximate surface area is 73.8 Å². The summed E-state index contributed by atoms with van der Waals surface area (Å²) < 4.78 is 0. The molecule has 0 saturated heterocycles. The van der Waals surface area contributed by atoms with Crippen LogP contribution >= 0.6 is 0 Å². The summed E-state index contributed by atoms with van der Waals surface area (Å²) >= 11 is 0. The molecule has 0 aliphatic heterocycles. The van der Waals surface area contributed by atoms with Gasteiger partial charge in [-0.3, -0.25) is 4.98 Å². The van der Waals surface area contributed by atoms with Crippen LogP contribution in [0.1, 0.15) is 30.9 Å². The van der Waals surface area contributed by atoms with Crippen LogP contribution in [0.15, 0.2) is 18.5 Å². The number of nitrogens with two attached hydrogens (primary N) is 1. The molecule has 1 heterocycles. The Morgan fingerprint density at radius 3 is 2.75 bits per heavy atom. The van der Waals surface area contributed by atoms with Gasteiger partial charge in [0, 0.05) is 18.9 Å². The van der Waals surface area contributed by atoms with E-state index in [1.165, 1.54) is 18.4 Å². The molecule has 66 valence electrons. The van der Waals surface area contributed by atoms with E-state index in [4.69, 9.17) is 5.73 Å². The first-order valence-electron chi connectivity index (χ1n) is 4.49. The molecule has 1 aromatic rings. The first-order chi connectivity index (χ1) is 5.86. The fraction of sp³-hybridized carbons (Fsp3) is 0.500. The highest BCUT2D eigenvalue weighted by molar-refractivity contribution is 5.17. The van der Waals surface area contributed by atoms with E-state index in [9.17, 15) is 0 Å². The van der Waals surface area contributed by atoms with E-state index in [0.29, 0.717) is 6.54 Å². The van der Waals surface area contributed by atoms with Gasteiger partial charge in [-0.25, -0.2) is 0 Å². The van der Waals surface area contributed by atoms with Gasteiger partial charge in [0.25, 0.3) is 0 Å². The second-order valence-corrected chi connectivity index (χ2v) is 3.01. The van der Waals surface area contributed by atoms with Crippen LogP contribution in [0.3, 0.4) is 0 Å². The molecule has 0 aromatic carbocycles. The van der Waals surface area contributed by atoms with Gasteiger partial charge in [0.05, 0.1) is 0 Å². The highest BCUT2D eigenvalue weighted by atomic mass is 14.6. The van der Waals surface area contributed by atoms with E-state index >= 15 is 0 Å². The summed E-state index contributed by atoms with van der Waals surface area (Å²) in [6, 6.07) is 2.14. The van der Waals surface area contributed by atoms with Crippen LogP contribution in [0.4, 0.5) is 0 Å². The maximum Gasteiger partial charge on any atom is 0.0312 e. The van der Waals surface area contributed by atoms with E-state index in [0.717, 1.165) is 12.0 Å². The Morgan fingerprint density at radius 1 is 1.33 bits per heavy atom. The van der Waals surface area contributed by atoms with E-state index in [-0.39, 0.29) is 0 Å². The number of rotatable bonds is 4. The fourth-order valence-electron chi connectivity index (χ4n) is 1.17. The third-order valence-electron chi connectivity index (χ3n) is 1.91. The van der Waals surface area contributed by atoms with Crippen LogP contribution in [0, 0.1) is 0 Å². The first kappa shape index (κ1) is 9.20. The lowest BCUT2D eigenvalue weighted by molar-refractivity contribution is 0.790. The summed E-state index contributed by atoms with van der Waals surface area (Å²) in [5.74, 6) is 0. The molecule has 0 aliphatic carbocycles. The summed E-state index contributed by atoms with van der Waals surface area (Å²) in [7, 11) is 0. The largest absolute Gasteiger partial charge is 0.326 e. The van der Waals surface area contributed by atoms with Gasteiger partial charge in [0.1, 0.15) is 0 Å². The minimum absolute atomic E-state index is 0.590. The first-order valence-corrected chi connectivity index (χ1v) is 4.49. The molecule has 0 atom stereocenters. The van der Waals surface area contributed by atoms with Crippen LogP contribution in [0.5, 0.6) is 0 Å². The molecule has 0 bridgehead atoms. The Kier molecular flexibility index (Phi) is 3.74. The molecule has 2 heteroatoms. The van der Waals surface area contributed by atoms with Gasteiger partial charge in [0.15, 0.2) is 0 Å². The smallest absolute Gasteiger partial charge is 0.0312 e. The number of aromatic nitrogens is 1. The summed E-state index contributed by atoms with van der Waals surface area (Å²) in [4.78, 5) is 4.13. The van der Waals surface area contributed by atoms with Crippen molar-refractivity contribution < 1.29 is 0 Å². The van der Waals surface area contributed by atoms with Crippen LogP contribution in [0.2, 0.25) is 0 Å². The molecule has 1 rings (SSSR count). The van der Waals surface area contributed by atoms with Gasteiger partial charge in [0.2, 0.25) is 0 Å². The summed E-state index contributed by atoms with van der Waals surface area (Å²) in [6.45, 7) is 2.78. The van der Waals surface area contributed by atoms with Crippen LogP contribution < -0.4 is 5.73 Å². The number of unbranched alkanes of at least 4 members (excludes halogenated alkanes) is 1. The van der Waals surface area contributed by atoms with Crippen molar-refractivity contribution in [2.24, 2.45) is 5.73 Å². The molecule has 0 spiro atoms. The molecule has 2 nitrogen and oxygen atoms in total. The second-order valence-electron chi connectivity index (χ2n) is 3.01. The number of pyridine rings is 1. The molecule has 2 N–H and O–H groups in total. The maximum absolute atomic E-state index is 5.51. The summed E-state index contributed by atoms with van der Waals surface area (Å²) in [5.41, 5.74) is 7.94. The van der Waals surface area contributed by atoms with Gasteiger partial charge in [-0.05, 0) is 24.0 Å². The zero-order valence-electron chi connectivity index (χ0n) is 7.59. The third kappa shape index (κ3) is 2.62. The summed E-state index contributed by atoms with van der Waals surface area (Å²) in [6.07, 6.45) is 7.34. The molecular weight excluding hydrogens is 148 g/mol. The van der Waals surface area contributed by atoms with Crippen molar-refractivity contribution in [1.29, 1.82) is 0 Å². The van der Waals surface area contributed by atoms with Crippen LogP contribution in [-0.4, -0.2) is 4.98 Å². The maximum atomic E-state index is 5.51. The average molecular weight is 164 g/mol. The SMILES string of the molecule is CCCCc1cncc(CN)c1. The van der Waals surface area contributed by atoms with E-state index < -0.39 is 0 Å². The lowest BCUT2D eigenvalue weighted by Crippen LogP contribution is -1.98. The summed E-state index contributed by atoms with van der Waals surface area (Å²) in [5, 5.41) is 0. The van der Waals surface area contributed by atoms with Gasteiger partial charge in [-0.2, -0.15) is 0 Å². The molecule has 0 unspecified atom stereocenters. The second kappa shape index (κ2) is 4.88. The quantitative estimate of drug-likeness (QED) is 0.738. The Balaban J connectivity index is 2.60. The number of nitrogens with zero attached hydrogens (tertiary/aromatic N) is 1. The predicted octanol–water partition coefficient (Wildman–Crippen LogP) is 1.88. The fourth-order valence-corrected chi connectivity index (χ4v) is 1.17. The van der Waals surface area contributed by atoms with E-state index in [1.807, 2.05) is 12.4 Å². The number of hydrogen-bond donors (Lipinski definition) is 1. The van der Waals surface area contributed by atoms with Crippen LogP contribution in [0.25, 0.3) is 0 Å². The highest BCUT2D eigenvalue weighted by Gasteiger charge is 1.94. The van der Waals surface area contributed by atoms with Crippen molar-refractivity contribution in [3.05, 3.63) is 29.6 Å². The van der Waals surface area contributed by atoms with Gasteiger partial charge < -0.3 is 5.73 Å². The standard InChI is InChI=1S/C10H16N2/c1-2-3-4-9-5-10(6-11)8-12-7-9/h5,7-8H,2-4,6,11H2,1H3. The predicted molar refractivity (Wildman–Crippen MR) is 50.7 cm³/mol. The molecule has 0 amide bonds. The van der Waals surface area contributed by atoms with Crippen molar-refractivity contribution in [2.45, 2.75) is 32.7 Å². The highest BCUT2D eigenvalue weighted by Crippen LogP contribution is 2.05. The molecule has 0 aliphatic rings.